The van der Waals surface area contributed by atoms with Crippen LogP contribution in [0.25, 0.3) is 0 Å². The fraction of sp³-hybridized carbons (Fsp3) is 0.222. The molecule has 1 aromatic carbocycles. The number of hydrogen-bond acceptors (Lipinski definition) is 1. The van der Waals surface area contributed by atoms with Gasteiger partial charge in [-0.25, -0.2) is 9.18 Å². The molecule has 0 aliphatic carbocycles. The van der Waals surface area contributed by atoms with Crippen molar-refractivity contribution >= 4 is 5.97 Å². The van der Waals surface area contributed by atoms with Crippen LogP contribution >= 0.6 is 0 Å². The van der Waals surface area contributed by atoms with Gasteiger partial charge in [0.15, 0.2) is 0 Å². The molecule has 0 saturated carbocycles. The second-order valence-corrected chi connectivity index (χ2v) is 2.54. The summed E-state index contributed by atoms with van der Waals surface area (Å²) in [7, 11) is 0. The van der Waals surface area contributed by atoms with Crippen molar-refractivity contribution in [1.82, 2.24) is 0 Å². The van der Waals surface area contributed by atoms with Gasteiger partial charge in [0, 0.05) is 0 Å². The Balaban J connectivity index is 2.93. The van der Waals surface area contributed by atoms with Gasteiger partial charge in [-0.3, -0.25) is 0 Å². The normalized spacial score (nSPS) is 12.5. The Labute approximate surface area is 69.6 Å². The monoisotopic (exact) mass is 168 g/mol. The summed E-state index contributed by atoms with van der Waals surface area (Å²) in [5, 5.41) is 8.52. The topological polar surface area (TPSA) is 37.3 Å². The molecule has 0 heterocycles. The van der Waals surface area contributed by atoms with Gasteiger partial charge < -0.3 is 5.11 Å². The lowest BCUT2D eigenvalue weighted by Crippen LogP contribution is -1.96. The number of aromatic carboxylic acids is 1. The molecule has 0 radical (unpaired) electrons. The first-order valence-corrected chi connectivity index (χ1v) is 3.58. The van der Waals surface area contributed by atoms with E-state index in [-0.39, 0.29) is 5.56 Å². The van der Waals surface area contributed by atoms with E-state index in [9.17, 15) is 9.18 Å². The molecule has 1 rings (SSSR count). The molecule has 64 valence electrons. The van der Waals surface area contributed by atoms with Crippen LogP contribution in [0.1, 0.15) is 29.0 Å². The van der Waals surface area contributed by atoms with Gasteiger partial charge in [0.25, 0.3) is 0 Å². The minimum atomic E-state index is -1.05. The van der Waals surface area contributed by atoms with Gasteiger partial charge in [0.05, 0.1) is 5.56 Å². The second-order valence-electron chi connectivity index (χ2n) is 2.54. The second kappa shape index (κ2) is 3.34. The van der Waals surface area contributed by atoms with Crippen LogP contribution < -0.4 is 0 Å². The average molecular weight is 168 g/mol. The van der Waals surface area contributed by atoms with Crippen LogP contribution in [-0.2, 0) is 0 Å². The zero-order chi connectivity index (χ0) is 9.14. The van der Waals surface area contributed by atoms with Gasteiger partial charge in [-0.15, -0.1) is 0 Å². The summed E-state index contributed by atoms with van der Waals surface area (Å²) >= 11 is 0. The Hall–Kier alpha value is -1.38. The number of halogens is 1. The maximum Gasteiger partial charge on any atom is 0.335 e. The quantitative estimate of drug-likeness (QED) is 0.736. The molecular weight excluding hydrogens is 159 g/mol. The Kier molecular flexibility index (Phi) is 2.43. The molecule has 0 aliphatic rings. The molecule has 12 heavy (non-hydrogen) atoms. The molecule has 2 nitrogen and oxygen atoms in total. The van der Waals surface area contributed by atoms with E-state index in [0.29, 0.717) is 5.56 Å². The summed E-state index contributed by atoms with van der Waals surface area (Å²) in [5.74, 6) is -0.993. The van der Waals surface area contributed by atoms with Crippen molar-refractivity contribution in [1.29, 1.82) is 0 Å². The fourth-order valence-electron chi connectivity index (χ4n) is 0.891. The zero-order valence-corrected chi connectivity index (χ0v) is 6.62. The highest BCUT2D eigenvalue weighted by Crippen LogP contribution is 2.16. The van der Waals surface area contributed by atoms with Gasteiger partial charge in [-0.1, -0.05) is 12.1 Å². The lowest BCUT2D eigenvalue weighted by atomic mass is 10.1. The molecule has 0 fully saturated rings. The first-order valence-electron chi connectivity index (χ1n) is 3.58. The minimum absolute atomic E-state index is 0.180. The summed E-state index contributed by atoms with van der Waals surface area (Å²) in [6, 6.07) is 5.75. The molecule has 3 heteroatoms. The number of benzene rings is 1. The highest BCUT2D eigenvalue weighted by molar-refractivity contribution is 5.87. The molecule has 0 spiro atoms. The Morgan fingerprint density at radius 1 is 1.42 bits per heavy atom. The van der Waals surface area contributed by atoms with Crippen LogP contribution in [0.4, 0.5) is 4.39 Å². The van der Waals surface area contributed by atoms with Crippen molar-refractivity contribution in [3.63, 3.8) is 0 Å². The summed E-state index contributed by atoms with van der Waals surface area (Å²) < 4.78 is 12.6. The minimum Gasteiger partial charge on any atom is -0.478 e. The Morgan fingerprint density at radius 3 is 2.25 bits per heavy atom. The smallest absolute Gasteiger partial charge is 0.335 e. The van der Waals surface area contributed by atoms with E-state index in [2.05, 4.69) is 0 Å². The molecule has 0 saturated heterocycles. The van der Waals surface area contributed by atoms with Crippen LogP contribution in [0.15, 0.2) is 24.3 Å². The van der Waals surface area contributed by atoms with Crippen LogP contribution in [0, 0.1) is 0 Å². The predicted molar refractivity (Wildman–Crippen MR) is 42.9 cm³/mol. The van der Waals surface area contributed by atoms with Crippen molar-refractivity contribution in [2.75, 3.05) is 0 Å². The summed E-state index contributed by atoms with van der Waals surface area (Å²) in [6.07, 6.45) is -1.05. The van der Waals surface area contributed by atoms with Gasteiger partial charge in [0.2, 0.25) is 0 Å². The van der Waals surface area contributed by atoms with Gasteiger partial charge in [-0.05, 0) is 24.6 Å². The zero-order valence-electron chi connectivity index (χ0n) is 6.62. The lowest BCUT2D eigenvalue weighted by molar-refractivity contribution is 0.0697. The van der Waals surface area contributed by atoms with Crippen molar-refractivity contribution in [3.8, 4) is 0 Å². The number of carbonyl (C=O) groups is 1. The third-order valence-electron chi connectivity index (χ3n) is 1.62. The molecule has 1 N–H and O–H groups in total. The Bertz CT molecular complexity index is 277. The van der Waals surface area contributed by atoms with E-state index in [1.54, 1.807) is 0 Å². The fourth-order valence-corrected chi connectivity index (χ4v) is 0.891. The highest BCUT2D eigenvalue weighted by atomic mass is 19.1. The molecule has 1 aromatic rings. The first-order chi connectivity index (χ1) is 5.61. The number of carboxylic acids is 1. The number of carboxylic acid groups (broad SMARTS) is 1. The third kappa shape index (κ3) is 1.81. The Morgan fingerprint density at radius 2 is 1.92 bits per heavy atom. The maximum absolute atomic E-state index is 12.6. The third-order valence-corrected chi connectivity index (χ3v) is 1.62. The van der Waals surface area contributed by atoms with E-state index in [4.69, 9.17) is 5.11 Å². The number of rotatable bonds is 2. The summed E-state index contributed by atoms with van der Waals surface area (Å²) in [4.78, 5) is 10.4. The summed E-state index contributed by atoms with van der Waals surface area (Å²) in [6.45, 7) is 1.41. The van der Waals surface area contributed by atoms with Gasteiger partial charge in [-0.2, -0.15) is 0 Å². The largest absolute Gasteiger partial charge is 0.478 e. The van der Waals surface area contributed by atoms with Crippen molar-refractivity contribution in [2.24, 2.45) is 0 Å². The van der Waals surface area contributed by atoms with Crippen molar-refractivity contribution < 1.29 is 14.3 Å². The van der Waals surface area contributed by atoms with E-state index in [1.807, 2.05) is 0 Å². The molecule has 0 aliphatic heterocycles. The number of alkyl halides is 1. The molecule has 1 atom stereocenters. The molecule has 0 amide bonds. The lowest BCUT2D eigenvalue weighted by Gasteiger charge is -2.01. The SMILES string of the molecule is CC(F)c1ccc(C(=O)O)cc1. The maximum atomic E-state index is 12.6. The van der Waals surface area contributed by atoms with Crippen LogP contribution in [0.5, 0.6) is 0 Å². The molecule has 1 unspecified atom stereocenters. The highest BCUT2D eigenvalue weighted by Gasteiger charge is 2.04. The standard InChI is InChI=1S/C9H9FO2/c1-6(10)7-2-4-8(5-3-7)9(11)12/h2-6H,1H3,(H,11,12). The predicted octanol–water partition coefficient (Wildman–Crippen LogP) is 2.42. The van der Waals surface area contributed by atoms with E-state index in [0.717, 1.165) is 0 Å². The molecule has 0 bridgehead atoms. The van der Waals surface area contributed by atoms with Gasteiger partial charge >= 0.3 is 5.97 Å². The van der Waals surface area contributed by atoms with Crippen LogP contribution in [-0.4, -0.2) is 11.1 Å². The number of hydrogen-bond donors (Lipinski definition) is 1. The van der Waals surface area contributed by atoms with Crippen LogP contribution in [0.3, 0.4) is 0 Å². The van der Waals surface area contributed by atoms with E-state index in [1.165, 1.54) is 31.2 Å². The first kappa shape index (κ1) is 8.71. The van der Waals surface area contributed by atoms with Crippen molar-refractivity contribution in [2.45, 2.75) is 13.1 Å². The van der Waals surface area contributed by atoms with E-state index >= 15 is 0 Å². The molecule has 0 aromatic heterocycles. The van der Waals surface area contributed by atoms with Crippen molar-refractivity contribution in [3.05, 3.63) is 35.4 Å². The molecular formula is C9H9FO2. The van der Waals surface area contributed by atoms with E-state index < -0.39 is 12.1 Å². The van der Waals surface area contributed by atoms with Gasteiger partial charge in [0.1, 0.15) is 6.17 Å². The average Bonchev–Trinajstić information content (AvgIpc) is 2.04. The summed E-state index contributed by atoms with van der Waals surface area (Å²) in [5.41, 5.74) is 0.680. The van der Waals surface area contributed by atoms with Crippen LogP contribution in [0.2, 0.25) is 0 Å².